The van der Waals surface area contributed by atoms with E-state index in [0.717, 1.165) is 12.8 Å². The minimum atomic E-state index is -0.597. The maximum atomic E-state index is 12.4. The summed E-state index contributed by atoms with van der Waals surface area (Å²) in [7, 11) is 0. The van der Waals surface area contributed by atoms with Crippen molar-refractivity contribution in [3.63, 3.8) is 0 Å². The lowest BCUT2D eigenvalue weighted by atomic mass is 9.86. The van der Waals surface area contributed by atoms with Gasteiger partial charge in [-0.2, -0.15) is 0 Å². The summed E-state index contributed by atoms with van der Waals surface area (Å²) >= 11 is 0. The van der Waals surface area contributed by atoms with Crippen LogP contribution in [0, 0.1) is 11.3 Å². The zero-order valence-corrected chi connectivity index (χ0v) is 12.4. The van der Waals surface area contributed by atoms with E-state index < -0.39 is 6.04 Å². The fraction of sp³-hybridized carbons (Fsp3) is 0.857. The summed E-state index contributed by atoms with van der Waals surface area (Å²) in [6.07, 6.45) is 2.24. The molecule has 110 valence electrons. The summed E-state index contributed by atoms with van der Waals surface area (Å²) in [4.78, 5) is 25.5. The molecule has 1 aliphatic rings. The van der Waals surface area contributed by atoms with Gasteiger partial charge in [0, 0.05) is 6.54 Å². The molecule has 0 bridgehead atoms. The van der Waals surface area contributed by atoms with E-state index in [1.807, 2.05) is 20.8 Å². The first-order valence-electron chi connectivity index (χ1n) is 6.95. The zero-order valence-electron chi connectivity index (χ0n) is 12.4. The normalized spacial score (nSPS) is 16.9. The highest BCUT2D eigenvalue weighted by molar-refractivity contribution is 5.86. The van der Waals surface area contributed by atoms with E-state index in [-0.39, 0.29) is 23.8 Å². The van der Waals surface area contributed by atoms with Gasteiger partial charge in [0.1, 0.15) is 6.54 Å². The molecule has 0 aromatic heterocycles. The smallest absolute Gasteiger partial charge is 0.325 e. The molecule has 2 N–H and O–H groups in total. The second kappa shape index (κ2) is 6.37. The third kappa shape index (κ3) is 5.19. The molecule has 19 heavy (non-hydrogen) atoms. The molecule has 1 atom stereocenters. The highest BCUT2D eigenvalue weighted by Gasteiger charge is 2.35. The number of amides is 1. The molecular formula is C14H26N2O3. The van der Waals surface area contributed by atoms with Crippen LogP contribution in [-0.4, -0.2) is 42.5 Å². The average molecular weight is 270 g/mol. The lowest BCUT2D eigenvalue weighted by Gasteiger charge is -2.31. The first kappa shape index (κ1) is 16.0. The Bertz CT molecular complexity index is 332. The monoisotopic (exact) mass is 270 g/mol. The number of hydrogen-bond acceptors (Lipinski definition) is 4. The van der Waals surface area contributed by atoms with Crippen molar-refractivity contribution < 1.29 is 14.3 Å². The number of hydrogen-bond donors (Lipinski definition) is 1. The third-order valence-electron chi connectivity index (χ3n) is 3.31. The molecule has 1 saturated carbocycles. The second-order valence-electron chi connectivity index (χ2n) is 6.31. The van der Waals surface area contributed by atoms with E-state index in [9.17, 15) is 9.59 Å². The van der Waals surface area contributed by atoms with Crippen LogP contribution >= 0.6 is 0 Å². The Morgan fingerprint density at radius 2 is 1.95 bits per heavy atom. The van der Waals surface area contributed by atoms with Crippen LogP contribution in [0.5, 0.6) is 0 Å². The summed E-state index contributed by atoms with van der Waals surface area (Å²) in [5.74, 6) is -0.00407. The molecule has 0 aromatic rings. The molecule has 1 fully saturated rings. The average Bonchev–Trinajstić information content (AvgIpc) is 3.09. The van der Waals surface area contributed by atoms with Crippen molar-refractivity contribution in [2.24, 2.45) is 17.1 Å². The molecular weight excluding hydrogens is 244 g/mol. The molecule has 5 heteroatoms. The van der Waals surface area contributed by atoms with E-state index in [1.54, 1.807) is 11.8 Å². The molecule has 0 radical (unpaired) electrons. The number of nitrogens with zero attached hydrogens (tertiary/aromatic N) is 1. The first-order valence-corrected chi connectivity index (χ1v) is 6.95. The maximum absolute atomic E-state index is 12.4. The number of carbonyl (C=O) groups is 2. The number of nitrogens with two attached hydrogens (primary N) is 1. The van der Waals surface area contributed by atoms with Crippen molar-refractivity contribution in [3.8, 4) is 0 Å². The van der Waals surface area contributed by atoms with E-state index in [4.69, 9.17) is 10.5 Å². The van der Waals surface area contributed by atoms with Gasteiger partial charge in [0.15, 0.2) is 0 Å². The van der Waals surface area contributed by atoms with Gasteiger partial charge in [-0.1, -0.05) is 20.8 Å². The van der Waals surface area contributed by atoms with Crippen molar-refractivity contribution in [2.75, 3.05) is 19.7 Å². The van der Waals surface area contributed by atoms with Gasteiger partial charge in [0.2, 0.25) is 5.91 Å². The predicted molar refractivity (Wildman–Crippen MR) is 73.4 cm³/mol. The number of carbonyl (C=O) groups excluding carboxylic acids is 2. The Labute approximate surface area is 115 Å². The zero-order chi connectivity index (χ0) is 14.6. The highest BCUT2D eigenvalue weighted by atomic mass is 16.5. The Morgan fingerprint density at radius 1 is 1.37 bits per heavy atom. The number of rotatable bonds is 6. The summed E-state index contributed by atoms with van der Waals surface area (Å²) in [5.41, 5.74) is 5.69. The second-order valence-corrected chi connectivity index (χ2v) is 6.31. The van der Waals surface area contributed by atoms with Crippen LogP contribution < -0.4 is 5.73 Å². The van der Waals surface area contributed by atoms with Gasteiger partial charge in [-0.05, 0) is 31.1 Å². The molecule has 1 aliphatic carbocycles. The molecule has 0 aromatic carbocycles. The van der Waals surface area contributed by atoms with Gasteiger partial charge < -0.3 is 15.4 Å². The number of ether oxygens (including phenoxy) is 1. The van der Waals surface area contributed by atoms with Gasteiger partial charge in [-0.15, -0.1) is 0 Å². The van der Waals surface area contributed by atoms with E-state index in [2.05, 4.69) is 0 Å². The first-order chi connectivity index (χ1) is 8.75. The molecule has 5 nitrogen and oxygen atoms in total. The molecule has 0 spiro atoms. The van der Waals surface area contributed by atoms with Gasteiger partial charge in [-0.25, -0.2) is 0 Å². The quantitative estimate of drug-likeness (QED) is 0.735. The summed E-state index contributed by atoms with van der Waals surface area (Å²) in [6.45, 7) is 8.48. The molecule has 0 heterocycles. The minimum absolute atomic E-state index is 0.00690. The maximum Gasteiger partial charge on any atom is 0.325 e. The topological polar surface area (TPSA) is 72.6 Å². The standard InChI is InChI=1S/C14H26N2O3/c1-5-19-11(17)9-16(8-10-6-7-10)13(18)12(15)14(2,3)4/h10,12H,5-9,15H2,1-4H3/t12-/m1/s1. The summed E-state index contributed by atoms with van der Waals surface area (Å²) in [5, 5.41) is 0. The lowest BCUT2D eigenvalue weighted by molar-refractivity contribution is -0.150. The minimum Gasteiger partial charge on any atom is -0.465 e. The van der Waals surface area contributed by atoms with Crippen molar-refractivity contribution >= 4 is 11.9 Å². The molecule has 0 aliphatic heterocycles. The van der Waals surface area contributed by atoms with Gasteiger partial charge in [0.05, 0.1) is 12.6 Å². The highest BCUT2D eigenvalue weighted by Crippen LogP contribution is 2.30. The van der Waals surface area contributed by atoms with Crippen LogP contribution in [0.3, 0.4) is 0 Å². The molecule has 1 amide bonds. The van der Waals surface area contributed by atoms with E-state index in [0.29, 0.717) is 19.1 Å². The SMILES string of the molecule is CCOC(=O)CN(CC1CC1)C(=O)[C@@H](N)C(C)(C)C. The molecule has 0 saturated heterocycles. The predicted octanol–water partition coefficient (Wildman–Crippen LogP) is 1.16. The van der Waals surface area contributed by atoms with Crippen LogP contribution in [0.1, 0.15) is 40.5 Å². The Hall–Kier alpha value is -1.10. The van der Waals surface area contributed by atoms with Crippen molar-refractivity contribution in [1.29, 1.82) is 0 Å². The summed E-state index contributed by atoms with van der Waals surface area (Å²) < 4.78 is 4.92. The van der Waals surface area contributed by atoms with Gasteiger partial charge >= 0.3 is 5.97 Å². The molecule has 1 rings (SSSR count). The van der Waals surface area contributed by atoms with Crippen LogP contribution in [0.4, 0.5) is 0 Å². The third-order valence-corrected chi connectivity index (χ3v) is 3.31. The van der Waals surface area contributed by atoms with Crippen LogP contribution in [-0.2, 0) is 14.3 Å². The Balaban J connectivity index is 2.66. The van der Waals surface area contributed by atoms with Crippen LogP contribution in [0.15, 0.2) is 0 Å². The lowest BCUT2D eigenvalue weighted by Crippen LogP contribution is -2.52. The van der Waals surface area contributed by atoms with Crippen molar-refractivity contribution in [3.05, 3.63) is 0 Å². The van der Waals surface area contributed by atoms with Gasteiger partial charge in [0.25, 0.3) is 0 Å². The Kier molecular flexibility index (Phi) is 5.35. The van der Waals surface area contributed by atoms with E-state index >= 15 is 0 Å². The van der Waals surface area contributed by atoms with Gasteiger partial charge in [-0.3, -0.25) is 9.59 Å². The summed E-state index contributed by atoms with van der Waals surface area (Å²) in [6, 6.07) is -0.597. The van der Waals surface area contributed by atoms with Crippen molar-refractivity contribution in [2.45, 2.75) is 46.6 Å². The largest absolute Gasteiger partial charge is 0.465 e. The number of esters is 1. The van der Waals surface area contributed by atoms with Crippen molar-refractivity contribution in [1.82, 2.24) is 4.90 Å². The Morgan fingerprint density at radius 3 is 2.37 bits per heavy atom. The molecule has 0 unspecified atom stereocenters. The fourth-order valence-corrected chi connectivity index (χ4v) is 1.77. The van der Waals surface area contributed by atoms with Crippen LogP contribution in [0.2, 0.25) is 0 Å². The van der Waals surface area contributed by atoms with Crippen LogP contribution in [0.25, 0.3) is 0 Å². The fourth-order valence-electron chi connectivity index (χ4n) is 1.77. The van der Waals surface area contributed by atoms with E-state index in [1.165, 1.54) is 0 Å².